The molecule has 1 aromatic rings. The van der Waals surface area contributed by atoms with Gasteiger partial charge >= 0.3 is 0 Å². The third kappa shape index (κ3) is 3.82. The van der Waals surface area contributed by atoms with Crippen LogP contribution in [0, 0.1) is 19.8 Å². The van der Waals surface area contributed by atoms with Gasteiger partial charge in [-0.2, -0.15) is 0 Å². The molecule has 1 N–H and O–H groups in total. The molecule has 2 unspecified atom stereocenters. The van der Waals surface area contributed by atoms with Gasteiger partial charge in [0.15, 0.2) is 0 Å². The van der Waals surface area contributed by atoms with Crippen molar-refractivity contribution in [3.05, 3.63) is 22.8 Å². The summed E-state index contributed by atoms with van der Waals surface area (Å²) in [5, 5.41) is 3.59. The highest BCUT2D eigenvalue weighted by molar-refractivity contribution is 5.25. The Morgan fingerprint density at radius 1 is 1.05 bits per heavy atom. The molecule has 3 heteroatoms. The molecule has 2 aliphatic carbocycles. The predicted octanol–water partition coefficient (Wildman–Crippen LogP) is 3.68. The zero-order valence-corrected chi connectivity index (χ0v) is 13.8. The van der Waals surface area contributed by atoms with Crippen molar-refractivity contribution < 1.29 is 0 Å². The number of aryl methyl sites for hydroxylation is 2. The van der Waals surface area contributed by atoms with Crippen molar-refractivity contribution in [3.8, 4) is 0 Å². The molecule has 0 saturated heterocycles. The molecule has 116 valence electrons. The van der Waals surface area contributed by atoms with Gasteiger partial charge in [-0.25, -0.2) is 9.97 Å². The van der Waals surface area contributed by atoms with Crippen molar-refractivity contribution in [2.75, 3.05) is 6.54 Å². The molecule has 0 radical (unpaired) electrons. The summed E-state index contributed by atoms with van der Waals surface area (Å²) in [5.41, 5.74) is 3.80. The van der Waals surface area contributed by atoms with E-state index in [0.717, 1.165) is 30.7 Å². The van der Waals surface area contributed by atoms with Crippen molar-refractivity contribution in [2.24, 2.45) is 5.92 Å². The van der Waals surface area contributed by atoms with Crippen molar-refractivity contribution in [3.63, 3.8) is 0 Å². The average Bonchev–Trinajstić information content (AvgIpc) is 3.16. The Morgan fingerprint density at radius 2 is 1.76 bits per heavy atom. The molecular weight excluding hydrogens is 258 g/mol. The number of rotatable bonds is 6. The minimum Gasteiger partial charge on any atom is -0.314 e. The van der Waals surface area contributed by atoms with E-state index in [1.54, 1.807) is 0 Å². The maximum Gasteiger partial charge on any atom is 0.131 e. The van der Waals surface area contributed by atoms with E-state index in [2.05, 4.69) is 26.1 Å². The standard InChI is InChI=1S/C18H29N3/c1-12-6-7-15(11-12)18-20-13(2)17(14(3)21-18)5-4-10-19-16-8-9-16/h12,15-16,19H,4-11H2,1-3H3. The van der Waals surface area contributed by atoms with Crippen LogP contribution in [0.15, 0.2) is 0 Å². The zero-order valence-electron chi connectivity index (χ0n) is 13.8. The van der Waals surface area contributed by atoms with E-state index >= 15 is 0 Å². The molecule has 0 aromatic carbocycles. The van der Waals surface area contributed by atoms with Gasteiger partial charge in [-0.05, 0) is 76.8 Å². The molecule has 1 heterocycles. The molecule has 2 aliphatic rings. The van der Waals surface area contributed by atoms with Crippen LogP contribution in [0.3, 0.4) is 0 Å². The monoisotopic (exact) mass is 287 g/mol. The fourth-order valence-electron chi connectivity index (χ4n) is 3.61. The van der Waals surface area contributed by atoms with Gasteiger partial charge in [0, 0.05) is 23.3 Å². The van der Waals surface area contributed by atoms with E-state index in [9.17, 15) is 0 Å². The highest BCUT2D eigenvalue weighted by Crippen LogP contribution is 2.36. The highest BCUT2D eigenvalue weighted by atomic mass is 14.9. The molecule has 1 aromatic heterocycles. The van der Waals surface area contributed by atoms with Gasteiger partial charge in [0.1, 0.15) is 5.82 Å². The van der Waals surface area contributed by atoms with Crippen LogP contribution in [0.2, 0.25) is 0 Å². The quantitative estimate of drug-likeness (QED) is 0.811. The molecule has 0 aliphatic heterocycles. The van der Waals surface area contributed by atoms with Gasteiger partial charge in [-0.15, -0.1) is 0 Å². The summed E-state index contributed by atoms with van der Waals surface area (Å²) >= 11 is 0. The minimum atomic E-state index is 0.600. The van der Waals surface area contributed by atoms with Gasteiger partial charge < -0.3 is 5.32 Å². The van der Waals surface area contributed by atoms with Crippen LogP contribution in [0.1, 0.15) is 74.1 Å². The second kappa shape index (κ2) is 6.43. The SMILES string of the molecule is Cc1nc(C2CCC(C)C2)nc(C)c1CCCNC1CC1. The molecule has 21 heavy (non-hydrogen) atoms. The van der Waals surface area contributed by atoms with Crippen LogP contribution < -0.4 is 5.32 Å². The van der Waals surface area contributed by atoms with E-state index in [-0.39, 0.29) is 0 Å². The molecule has 2 fully saturated rings. The first-order valence-corrected chi connectivity index (χ1v) is 8.71. The van der Waals surface area contributed by atoms with E-state index in [1.165, 1.54) is 55.5 Å². The van der Waals surface area contributed by atoms with Crippen LogP contribution in [0.4, 0.5) is 0 Å². The topological polar surface area (TPSA) is 37.8 Å². The van der Waals surface area contributed by atoms with E-state index in [0.29, 0.717) is 5.92 Å². The highest BCUT2D eigenvalue weighted by Gasteiger charge is 2.26. The number of aromatic nitrogens is 2. The van der Waals surface area contributed by atoms with Crippen molar-refractivity contribution in [1.82, 2.24) is 15.3 Å². The number of nitrogens with zero attached hydrogens (tertiary/aromatic N) is 2. The fourth-order valence-corrected chi connectivity index (χ4v) is 3.61. The third-order valence-electron chi connectivity index (χ3n) is 5.11. The van der Waals surface area contributed by atoms with Crippen LogP contribution in [-0.4, -0.2) is 22.6 Å². The maximum absolute atomic E-state index is 4.85. The molecule has 2 atom stereocenters. The lowest BCUT2D eigenvalue weighted by Gasteiger charge is -2.14. The predicted molar refractivity (Wildman–Crippen MR) is 86.6 cm³/mol. The summed E-state index contributed by atoms with van der Waals surface area (Å²) in [7, 11) is 0. The Balaban J connectivity index is 1.61. The molecule has 2 saturated carbocycles. The molecular formula is C18H29N3. The second-order valence-corrected chi connectivity index (χ2v) is 7.18. The Bertz CT molecular complexity index is 470. The fraction of sp³-hybridized carbons (Fsp3) is 0.778. The number of hydrogen-bond donors (Lipinski definition) is 1. The summed E-state index contributed by atoms with van der Waals surface area (Å²) in [6, 6.07) is 0.815. The third-order valence-corrected chi connectivity index (χ3v) is 5.11. The van der Waals surface area contributed by atoms with Crippen LogP contribution >= 0.6 is 0 Å². The van der Waals surface area contributed by atoms with Gasteiger partial charge in [0.25, 0.3) is 0 Å². The summed E-state index contributed by atoms with van der Waals surface area (Å²) in [6.07, 6.45) is 8.92. The average molecular weight is 287 g/mol. The summed E-state index contributed by atoms with van der Waals surface area (Å²) in [6.45, 7) is 7.81. The van der Waals surface area contributed by atoms with E-state index < -0.39 is 0 Å². The van der Waals surface area contributed by atoms with Crippen molar-refractivity contribution >= 4 is 0 Å². The first kappa shape index (κ1) is 15.0. The normalized spacial score (nSPS) is 25.5. The van der Waals surface area contributed by atoms with Crippen molar-refractivity contribution in [2.45, 2.75) is 77.7 Å². The zero-order chi connectivity index (χ0) is 14.8. The van der Waals surface area contributed by atoms with Gasteiger partial charge in [0.05, 0.1) is 0 Å². The summed E-state index contributed by atoms with van der Waals surface area (Å²) in [4.78, 5) is 9.69. The Morgan fingerprint density at radius 3 is 2.33 bits per heavy atom. The smallest absolute Gasteiger partial charge is 0.131 e. The molecule has 3 nitrogen and oxygen atoms in total. The lowest BCUT2D eigenvalue weighted by molar-refractivity contribution is 0.581. The van der Waals surface area contributed by atoms with E-state index in [1.807, 2.05) is 0 Å². The Kier molecular flexibility index (Phi) is 4.58. The maximum atomic E-state index is 4.85. The Labute approximate surface area is 129 Å². The summed E-state index contributed by atoms with van der Waals surface area (Å²) in [5.74, 6) is 2.55. The van der Waals surface area contributed by atoms with Crippen LogP contribution in [0.5, 0.6) is 0 Å². The molecule has 0 bridgehead atoms. The van der Waals surface area contributed by atoms with Gasteiger partial charge in [-0.3, -0.25) is 0 Å². The Hall–Kier alpha value is -0.960. The first-order valence-electron chi connectivity index (χ1n) is 8.71. The lowest BCUT2D eigenvalue weighted by atomic mass is 10.0. The van der Waals surface area contributed by atoms with Crippen LogP contribution in [-0.2, 0) is 6.42 Å². The van der Waals surface area contributed by atoms with Crippen molar-refractivity contribution in [1.29, 1.82) is 0 Å². The molecule has 0 spiro atoms. The van der Waals surface area contributed by atoms with Crippen LogP contribution in [0.25, 0.3) is 0 Å². The second-order valence-electron chi connectivity index (χ2n) is 7.18. The minimum absolute atomic E-state index is 0.600. The number of nitrogens with one attached hydrogen (secondary N) is 1. The largest absolute Gasteiger partial charge is 0.314 e. The lowest BCUT2D eigenvalue weighted by Crippen LogP contribution is -2.18. The summed E-state index contributed by atoms with van der Waals surface area (Å²) < 4.78 is 0. The van der Waals surface area contributed by atoms with E-state index in [4.69, 9.17) is 9.97 Å². The van der Waals surface area contributed by atoms with Gasteiger partial charge in [-0.1, -0.05) is 6.92 Å². The molecule has 0 amide bonds. The van der Waals surface area contributed by atoms with Gasteiger partial charge in [0.2, 0.25) is 0 Å². The number of hydrogen-bond acceptors (Lipinski definition) is 3. The first-order chi connectivity index (χ1) is 10.1. The molecule has 3 rings (SSSR count).